The molecule has 0 spiro atoms. The highest BCUT2D eigenvalue weighted by Gasteiger charge is 2.48. The summed E-state index contributed by atoms with van der Waals surface area (Å²) in [6.45, 7) is 5.57. The third-order valence-electron chi connectivity index (χ3n) is 11.3. The van der Waals surface area contributed by atoms with Crippen LogP contribution >= 0.6 is 23.2 Å². The molecule has 8 nitrogen and oxygen atoms in total. The maximum atomic E-state index is 12.0. The van der Waals surface area contributed by atoms with Crippen molar-refractivity contribution in [2.24, 2.45) is 11.8 Å². The van der Waals surface area contributed by atoms with Gasteiger partial charge in [0.05, 0.1) is 55.6 Å². The summed E-state index contributed by atoms with van der Waals surface area (Å²) in [5.74, 6) is 1.28. The van der Waals surface area contributed by atoms with Crippen LogP contribution in [0.15, 0.2) is 60.7 Å². The number of benzene rings is 3. The summed E-state index contributed by atoms with van der Waals surface area (Å²) < 4.78 is 13.9. The summed E-state index contributed by atoms with van der Waals surface area (Å²) in [6.07, 6.45) is 6.98. The van der Waals surface area contributed by atoms with Crippen LogP contribution < -0.4 is 27.0 Å². The highest BCUT2D eigenvalue weighted by Crippen LogP contribution is 2.43. The van der Waals surface area contributed by atoms with Gasteiger partial charge < -0.3 is 56.7 Å². The van der Waals surface area contributed by atoms with E-state index in [4.69, 9.17) is 32.7 Å². The van der Waals surface area contributed by atoms with Crippen LogP contribution in [0.25, 0.3) is 0 Å². The first kappa shape index (κ1) is 39.3. The summed E-state index contributed by atoms with van der Waals surface area (Å²) in [6, 6.07) is 18.5. The quantitative estimate of drug-likeness (QED) is 0.112. The molecule has 0 unspecified atom stereocenters. The van der Waals surface area contributed by atoms with Gasteiger partial charge in [-0.25, -0.2) is 0 Å². The van der Waals surface area contributed by atoms with E-state index in [0.717, 1.165) is 73.9 Å². The molecule has 5 N–H and O–H groups in total. The Balaban J connectivity index is 0.00000486. The number of nitrogens with one attached hydrogen (secondary N) is 1. The Morgan fingerprint density at radius 1 is 0.960 bits per heavy atom. The average Bonchev–Trinajstić information content (AvgIpc) is 3.67. The van der Waals surface area contributed by atoms with E-state index in [2.05, 4.69) is 17.4 Å². The Morgan fingerprint density at radius 3 is 2.34 bits per heavy atom. The fourth-order valence-corrected chi connectivity index (χ4v) is 9.00. The minimum atomic E-state index is -0.938. The molecule has 3 atom stereocenters. The van der Waals surface area contributed by atoms with Crippen LogP contribution in [0.3, 0.4) is 0 Å². The molecule has 4 fully saturated rings. The van der Waals surface area contributed by atoms with E-state index in [1.165, 1.54) is 18.9 Å². The maximum absolute atomic E-state index is 12.0. The highest BCUT2D eigenvalue weighted by molar-refractivity contribution is 6.37. The second-order valence-electron chi connectivity index (χ2n) is 14.4. The molecule has 1 aliphatic carbocycles. The Labute approximate surface area is 316 Å². The van der Waals surface area contributed by atoms with E-state index in [9.17, 15) is 20.4 Å². The third-order valence-corrected chi connectivity index (χ3v) is 11.8. The van der Waals surface area contributed by atoms with Crippen LogP contribution in [0.1, 0.15) is 73.3 Å². The van der Waals surface area contributed by atoms with Gasteiger partial charge in [0.2, 0.25) is 0 Å². The Morgan fingerprint density at radius 2 is 1.66 bits per heavy atom. The molecular weight excluding hydrogens is 743 g/mol. The summed E-state index contributed by atoms with van der Waals surface area (Å²) in [4.78, 5) is 0. The first-order valence-corrected chi connectivity index (χ1v) is 18.6. The number of phenols is 1. The molecule has 2 bridgehead atoms. The minimum absolute atomic E-state index is 0. The summed E-state index contributed by atoms with van der Waals surface area (Å²) in [5.41, 5.74) is 1.88. The van der Waals surface area contributed by atoms with Gasteiger partial charge in [-0.15, -0.1) is 0 Å². The minimum Gasteiger partial charge on any atom is -1.00 e. The SMILES string of the molecule is OCc1cc([C@@H](O)CNCc2cc(Cl)c(OCCC[N+]34CCC(CC3)[C@@H](OC[C@@](O)(c3ccccc3)C3CCCC3)C4)c(Cl)c2)ccc1O.[Br-]. The molecule has 3 aliphatic heterocycles. The predicted octanol–water partition coefficient (Wildman–Crippen LogP) is 3.49. The lowest BCUT2D eigenvalue weighted by atomic mass is 9.80. The molecule has 1 saturated carbocycles. The van der Waals surface area contributed by atoms with Crippen molar-refractivity contribution >= 4 is 23.2 Å². The van der Waals surface area contributed by atoms with Crippen LogP contribution in [0.2, 0.25) is 10.0 Å². The van der Waals surface area contributed by atoms with E-state index in [0.29, 0.717) is 52.6 Å². The molecule has 7 rings (SSSR count). The van der Waals surface area contributed by atoms with Crippen molar-refractivity contribution < 1.29 is 51.4 Å². The Hall–Kier alpha value is -1.92. The van der Waals surface area contributed by atoms with Crippen molar-refractivity contribution in [2.75, 3.05) is 45.9 Å². The molecule has 274 valence electrons. The Kier molecular flexibility index (Phi) is 13.9. The number of halogens is 3. The summed E-state index contributed by atoms with van der Waals surface area (Å²) in [7, 11) is 0. The molecule has 4 aliphatic rings. The van der Waals surface area contributed by atoms with Gasteiger partial charge in [-0.1, -0.05) is 72.4 Å². The third kappa shape index (κ3) is 9.17. The first-order chi connectivity index (χ1) is 23.7. The number of rotatable bonds is 16. The van der Waals surface area contributed by atoms with Crippen molar-refractivity contribution in [3.05, 3.63) is 93.0 Å². The number of piperidine rings is 3. The van der Waals surface area contributed by atoms with Gasteiger partial charge in [-0.2, -0.15) is 0 Å². The van der Waals surface area contributed by atoms with Crippen LogP contribution in [0.4, 0.5) is 0 Å². The number of hydrogen-bond donors (Lipinski definition) is 5. The Bertz CT molecular complexity index is 1510. The van der Waals surface area contributed by atoms with E-state index in [1.807, 2.05) is 30.3 Å². The second-order valence-corrected chi connectivity index (χ2v) is 15.3. The van der Waals surface area contributed by atoms with Gasteiger partial charge >= 0.3 is 0 Å². The molecule has 0 radical (unpaired) electrons. The van der Waals surface area contributed by atoms with E-state index in [-0.39, 0.29) is 47.9 Å². The summed E-state index contributed by atoms with van der Waals surface area (Å²) >= 11 is 13.2. The van der Waals surface area contributed by atoms with Crippen molar-refractivity contribution in [1.82, 2.24) is 5.32 Å². The smallest absolute Gasteiger partial charge is 0.156 e. The van der Waals surface area contributed by atoms with Gasteiger partial charge in [0, 0.05) is 43.8 Å². The zero-order valence-electron chi connectivity index (χ0n) is 28.6. The number of hydrogen-bond acceptors (Lipinski definition) is 7. The number of aromatic hydroxyl groups is 1. The molecule has 11 heteroatoms. The zero-order chi connectivity index (χ0) is 34.4. The zero-order valence-corrected chi connectivity index (χ0v) is 31.7. The average molecular weight is 795 g/mol. The standard InChI is InChI=1S/C39H50Cl2N2O6.BrH/c40-33-19-27(22-42-23-36(46)29-11-12-35(45)30(21-29)25-44)20-34(41)38(33)48-18-6-15-43-16-13-28(14-17-43)37(24-43)49-26-39(47,32-9-4-5-10-32)31-7-2-1-3-8-31;/h1-3,7-8,11-12,19-21,28,32,36-37,42,44,46-47H,4-6,9-10,13-18,22-26H2;1H/t28?,36-,37-,39+,43?;/m0./s1. The van der Waals surface area contributed by atoms with Crippen molar-refractivity contribution in [1.29, 1.82) is 0 Å². The van der Waals surface area contributed by atoms with Crippen LogP contribution in [-0.4, -0.2) is 77.0 Å². The molecule has 50 heavy (non-hydrogen) atoms. The molecule has 3 heterocycles. The lowest BCUT2D eigenvalue weighted by molar-refractivity contribution is -0.946. The lowest BCUT2D eigenvalue weighted by Gasteiger charge is -2.53. The van der Waals surface area contributed by atoms with Gasteiger partial charge in [-0.05, 0) is 59.7 Å². The second kappa shape index (κ2) is 17.7. The number of aliphatic hydroxyl groups excluding tert-OH is 2. The molecule has 0 aromatic heterocycles. The summed E-state index contributed by atoms with van der Waals surface area (Å²) in [5, 5.41) is 45.8. The number of quaternary nitrogens is 1. The molecule has 0 amide bonds. The van der Waals surface area contributed by atoms with Gasteiger partial charge in [0.1, 0.15) is 24.0 Å². The lowest BCUT2D eigenvalue weighted by Crippen LogP contribution is -3.00. The van der Waals surface area contributed by atoms with Gasteiger partial charge in [-0.3, -0.25) is 0 Å². The molecular formula is C39H51BrCl2N2O6. The van der Waals surface area contributed by atoms with E-state index in [1.54, 1.807) is 12.1 Å². The van der Waals surface area contributed by atoms with Crippen molar-refractivity contribution in [2.45, 2.75) is 75.9 Å². The fraction of sp³-hybridized carbons (Fsp3) is 0.538. The van der Waals surface area contributed by atoms with Gasteiger partial charge in [0.25, 0.3) is 0 Å². The molecule has 3 aromatic rings. The van der Waals surface area contributed by atoms with Crippen molar-refractivity contribution in [3.63, 3.8) is 0 Å². The monoisotopic (exact) mass is 792 g/mol. The van der Waals surface area contributed by atoms with Crippen LogP contribution in [0.5, 0.6) is 11.5 Å². The van der Waals surface area contributed by atoms with E-state index < -0.39 is 11.7 Å². The largest absolute Gasteiger partial charge is 1.00 e. The van der Waals surface area contributed by atoms with Crippen molar-refractivity contribution in [3.8, 4) is 11.5 Å². The first-order valence-electron chi connectivity index (χ1n) is 17.9. The van der Waals surface area contributed by atoms with Crippen LogP contribution in [0, 0.1) is 11.8 Å². The normalized spacial score (nSPS) is 23.7. The highest BCUT2D eigenvalue weighted by atomic mass is 79.9. The predicted molar refractivity (Wildman–Crippen MR) is 192 cm³/mol. The fourth-order valence-electron chi connectivity index (χ4n) is 8.36. The number of nitrogens with zero attached hydrogens (tertiary/aromatic N) is 1. The van der Waals surface area contributed by atoms with Gasteiger partial charge in [0.15, 0.2) is 5.75 Å². The maximum Gasteiger partial charge on any atom is 0.156 e. The molecule has 3 saturated heterocycles. The number of aliphatic hydroxyl groups is 3. The number of ether oxygens (including phenoxy) is 2. The molecule has 3 aromatic carbocycles. The van der Waals surface area contributed by atoms with Crippen LogP contribution in [-0.2, 0) is 23.5 Å². The topological polar surface area (TPSA) is 111 Å². The van der Waals surface area contributed by atoms with E-state index >= 15 is 0 Å². The number of fused-ring (bicyclic) bond motifs is 3.